The minimum Gasteiger partial charge on any atom is -0.497 e. The van der Waals surface area contributed by atoms with Gasteiger partial charge in [0.25, 0.3) is 0 Å². The molecule has 0 heterocycles. The number of methoxy groups -OCH3 is 1. The second kappa shape index (κ2) is 7.35. The quantitative estimate of drug-likeness (QED) is 0.779. The van der Waals surface area contributed by atoms with Gasteiger partial charge in [0.1, 0.15) is 12.4 Å². The van der Waals surface area contributed by atoms with Crippen molar-refractivity contribution in [1.82, 2.24) is 0 Å². The summed E-state index contributed by atoms with van der Waals surface area (Å²) in [6, 6.07) is 7.09. The van der Waals surface area contributed by atoms with Crippen LogP contribution in [0.25, 0.3) is 0 Å². The molecular weight excluding hydrogens is 259 g/mol. The molecule has 0 saturated carbocycles. The van der Waals surface area contributed by atoms with Crippen molar-refractivity contribution < 1.29 is 22.6 Å². The van der Waals surface area contributed by atoms with Crippen LogP contribution in [-0.2, 0) is 4.74 Å². The molecule has 0 radical (unpaired) electrons. The van der Waals surface area contributed by atoms with Gasteiger partial charge in [0.05, 0.1) is 7.11 Å². The molecule has 19 heavy (non-hydrogen) atoms. The molecule has 1 aromatic carbocycles. The first-order chi connectivity index (χ1) is 8.92. The van der Waals surface area contributed by atoms with E-state index < -0.39 is 12.8 Å². The highest BCUT2D eigenvalue weighted by molar-refractivity contribution is 5.28. The van der Waals surface area contributed by atoms with E-state index in [4.69, 9.17) is 10.5 Å². The molecule has 0 aliphatic carbocycles. The molecule has 0 aliphatic heterocycles. The van der Waals surface area contributed by atoms with Gasteiger partial charge in [-0.2, -0.15) is 13.2 Å². The molecule has 6 heteroatoms. The average Bonchev–Trinajstić information content (AvgIpc) is 2.37. The van der Waals surface area contributed by atoms with Crippen LogP contribution in [0, 0.1) is 0 Å². The second-order valence-corrected chi connectivity index (χ2v) is 4.19. The van der Waals surface area contributed by atoms with Crippen molar-refractivity contribution in [3.05, 3.63) is 29.8 Å². The Morgan fingerprint density at radius 2 is 1.84 bits per heavy atom. The van der Waals surface area contributed by atoms with Crippen LogP contribution in [0.3, 0.4) is 0 Å². The standard InChI is InChI=1S/C13H18F3NO2/c1-18-11-6-4-10(5-7-11)12(17)3-2-8-19-9-13(14,15)16/h4-7,12H,2-3,8-9,17H2,1H3. The molecule has 0 bridgehead atoms. The number of hydrogen-bond acceptors (Lipinski definition) is 3. The number of benzene rings is 1. The summed E-state index contributed by atoms with van der Waals surface area (Å²) in [6.45, 7) is -1.14. The van der Waals surface area contributed by atoms with Crippen molar-refractivity contribution >= 4 is 0 Å². The van der Waals surface area contributed by atoms with Crippen molar-refractivity contribution in [2.75, 3.05) is 20.3 Å². The van der Waals surface area contributed by atoms with Crippen LogP contribution in [0.4, 0.5) is 13.2 Å². The molecule has 0 fully saturated rings. The number of alkyl halides is 3. The number of halogens is 3. The van der Waals surface area contributed by atoms with Crippen molar-refractivity contribution in [2.45, 2.75) is 25.1 Å². The van der Waals surface area contributed by atoms with Crippen LogP contribution in [-0.4, -0.2) is 26.5 Å². The maximum atomic E-state index is 11.8. The van der Waals surface area contributed by atoms with Crippen molar-refractivity contribution in [3.63, 3.8) is 0 Å². The Hall–Kier alpha value is -1.27. The zero-order valence-corrected chi connectivity index (χ0v) is 10.7. The van der Waals surface area contributed by atoms with Crippen LogP contribution in [0.5, 0.6) is 5.75 Å². The van der Waals surface area contributed by atoms with E-state index in [1.165, 1.54) is 0 Å². The molecule has 108 valence electrons. The van der Waals surface area contributed by atoms with Gasteiger partial charge in [0, 0.05) is 12.6 Å². The van der Waals surface area contributed by atoms with E-state index in [1.54, 1.807) is 19.2 Å². The summed E-state index contributed by atoms with van der Waals surface area (Å²) < 4.78 is 45.0. The smallest absolute Gasteiger partial charge is 0.411 e. The Labute approximate surface area is 110 Å². The maximum Gasteiger partial charge on any atom is 0.411 e. The van der Waals surface area contributed by atoms with Gasteiger partial charge in [-0.1, -0.05) is 12.1 Å². The Kier molecular flexibility index (Phi) is 6.11. The predicted octanol–water partition coefficient (Wildman–Crippen LogP) is 3.05. The zero-order chi connectivity index (χ0) is 14.3. The molecule has 1 unspecified atom stereocenters. The third kappa shape index (κ3) is 6.45. The molecule has 0 amide bonds. The topological polar surface area (TPSA) is 44.5 Å². The molecule has 1 rings (SSSR count). The minimum atomic E-state index is -4.27. The van der Waals surface area contributed by atoms with E-state index in [1.807, 2.05) is 12.1 Å². The fourth-order valence-corrected chi connectivity index (χ4v) is 1.61. The maximum absolute atomic E-state index is 11.8. The van der Waals surface area contributed by atoms with Gasteiger partial charge in [-0.3, -0.25) is 0 Å². The normalized spacial score (nSPS) is 13.3. The SMILES string of the molecule is COc1ccc(C(N)CCCOCC(F)(F)F)cc1. The number of ether oxygens (including phenoxy) is 2. The molecule has 2 N–H and O–H groups in total. The van der Waals surface area contributed by atoms with Gasteiger partial charge >= 0.3 is 6.18 Å². The summed E-state index contributed by atoms with van der Waals surface area (Å²) in [5.74, 6) is 0.740. The molecule has 0 spiro atoms. The number of rotatable bonds is 7. The molecule has 1 aromatic rings. The van der Waals surface area contributed by atoms with Gasteiger partial charge in [0.2, 0.25) is 0 Å². The Balaban J connectivity index is 2.25. The highest BCUT2D eigenvalue weighted by Gasteiger charge is 2.27. The van der Waals surface area contributed by atoms with Gasteiger partial charge < -0.3 is 15.2 Å². The van der Waals surface area contributed by atoms with Crippen LogP contribution < -0.4 is 10.5 Å². The molecule has 0 aromatic heterocycles. The summed E-state index contributed by atoms with van der Waals surface area (Å²) in [5, 5.41) is 0. The van der Waals surface area contributed by atoms with Crippen LogP contribution >= 0.6 is 0 Å². The molecule has 0 saturated heterocycles. The molecule has 3 nitrogen and oxygen atoms in total. The highest BCUT2D eigenvalue weighted by atomic mass is 19.4. The highest BCUT2D eigenvalue weighted by Crippen LogP contribution is 2.20. The number of hydrogen-bond donors (Lipinski definition) is 1. The monoisotopic (exact) mass is 277 g/mol. The summed E-state index contributed by atoms with van der Waals surface area (Å²) >= 11 is 0. The predicted molar refractivity (Wildman–Crippen MR) is 66.0 cm³/mol. The van der Waals surface area contributed by atoms with E-state index in [-0.39, 0.29) is 12.6 Å². The fourth-order valence-electron chi connectivity index (χ4n) is 1.61. The summed E-state index contributed by atoms with van der Waals surface area (Å²) in [7, 11) is 1.58. The molecular formula is C13H18F3NO2. The number of nitrogens with two attached hydrogens (primary N) is 1. The van der Waals surface area contributed by atoms with E-state index in [0.29, 0.717) is 12.8 Å². The van der Waals surface area contributed by atoms with Crippen molar-refractivity contribution in [3.8, 4) is 5.75 Å². The molecule has 0 aliphatic rings. The third-order valence-electron chi connectivity index (χ3n) is 2.61. The lowest BCUT2D eigenvalue weighted by atomic mass is 10.0. The van der Waals surface area contributed by atoms with E-state index in [2.05, 4.69) is 4.74 Å². The van der Waals surface area contributed by atoms with Crippen molar-refractivity contribution in [2.24, 2.45) is 5.73 Å². The Morgan fingerprint density at radius 3 is 2.37 bits per heavy atom. The van der Waals surface area contributed by atoms with Crippen molar-refractivity contribution in [1.29, 1.82) is 0 Å². The lowest BCUT2D eigenvalue weighted by Crippen LogP contribution is -2.18. The lowest BCUT2D eigenvalue weighted by molar-refractivity contribution is -0.174. The van der Waals surface area contributed by atoms with Gasteiger partial charge in [-0.25, -0.2) is 0 Å². The van der Waals surface area contributed by atoms with Crippen LogP contribution in [0.2, 0.25) is 0 Å². The second-order valence-electron chi connectivity index (χ2n) is 4.19. The molecule has 1 atom stereocenters. The first kappa shape index (κ1) is 15.8. The van der Waals surface area contributed by atoms with Crippen LogP contribution in [0.1, 0.15) is 24.4 Å². The van der Waals surface area contributed by atoms with Gasteiger partial charge in [0.15, 0.2) is 0 Å². The first-order valence-corrected chi connectivity index (χ1v) is 5.96. The van der Waals surface area contributed by atoms with Crippen LogP contribution in [0.15, 0.2) is 24.3 Å². The summed E-state index contributed by atoms with van der Waals surface area (Å²) in [4.78, 5) is 0. The lowest BCUT2D eigenvalue weighted by Gasteiger charge is -2.13. The summed E-state index contributed by atoms with van der Waals surface area (Å²) in [6.07, 6.45) is -3.20. The zero-order valence-electron chi connectivity index (χ0n) is 10.7. The van der Waals surface area contributed by atoms with Gasteiger partial charge in [-0.15, -0.1) is 0 Å². The largest absolute Gasteiger partial charge is 0.497 e. The Morgan fingerprint density at radius 1 is 1.21 bits per heavy atom. The van der Waals surface area contributed by atoms with E-state index in [0.717, 1.165) is 11.3 Å². The first-order valence-electron chi connectivity index (χ1n) is 5.96. The Bertz CT molecular complexity index is 365. The van der Waals surface area contributed by atoms with Gasteiger partial charge in [-0.05, 0) is 30.5 Å². The summed E-state index contributed by atoms with van der Waals surface area (Å²) in [5.41, 5.74) is 6.86. The average molecular weight is 277 g/mol. The van der Waals surface area contributed by atoms with E-state index >= 15 is 0 Å². The minimum absolute atomic E-state index is 0.0589. The third-order valence-corrected chi connectivity index (χ3v) is 2.61. The fraction of sp³-hybridized carbons (Fsp3) is 0.538. The van der Waals surface area contributed by atoms with E-state index in [9.17, 15) is 13.2 Å².